The molecule has 0 fully saturated rings. The number of rotatable bonds is 6. The summed E-state index contributed by atoms with van der Waals surface area (Å²) in [6, 6.07) is 5.96. The van der Waals surface area contributed by atoms with E-state index in [1.54, 1.807) is 26.2 Å². The minimum absolute atomic E-state index is 0.320. The van der Waals surface area contributed by atoms with Crippen LogP contribution in [0.25, 0.3) is 0 Å². The maximum absolute atomic E-state index is 11.6. The van der Waals surface area contributed by atoms with Gasteiger partial charge >= 0.3 is 6.09 Å². The van der Waals surface area contributed by atoms with E-state index in [9.17, 15) is 4.79 Å². The van der Waals surface area contributed by atoms with Gasteiger partial charge in [0.05, 0.1) is 24.6 Å². The first-order valence-electron chi connectivity index (χ1n) is 7.29. The lowest BCUT2D eigenvalue weighted by molar-refractivity contribution is 0.146. The first-order valence-corrected chi connectivity index (χ1v) is 7.29. The molecule has 0 aromatic carbocycles. The Bertz CT molecular complexity index is 671. The van der Waals surface area contributed by atoms with E-state index in [1.165, 1.54) is 17.1 Å². The number of nitriles is 1. The van der Waals surface area contributed by atoms with Gasteiger partial charge in [-0.2, -0.15) is 5.26 Å². The number of carbonyl (C=O) groups excluding carboxylic acids is 1. The summed E-state index contributed by atoms with van der Waals surface area (Å²) in [4.78, 5) is 19.7. The van der Waals surface area contributed by atoms with Crippen LogP contribution in [0, 0.1) is 11.3 Å². The first kappa shape index (κ1) is 16.5. The van der Waals surface area contributed by atoms with E-state index in [-0.39, 0.29) is 0 Å². The Morgan fingerprint density at radius 1 is 1.48 bits per heavy atom. The number of carbonyl (C=O) groups is 1. The molecule has 2 aromatic heterocycles. The molecule has 1 N–H and O–H groups in total. The summed E-state index contributed by atoms with van der Waals surface area (Å²) in [5.41, 5.74) is 1.07. The Balaban J connectivity index is 1.74. The number of nitrogens with one attached hydrogen (secondary N) is 1. The van der Waals surface area contributed by atoms with E-state index in [2.05, 4.69) is 21.4 Å². The second kappa shape index (κ2) is 7.40. The molecule has 120 valence electrons. The van der Waals surface area contributed by atoms with E-state index in [1.807, 2.05) is 12.1 Å². The fraction of sp³-hybridized carbons (Fsp3) is 0.375. The maximum Gasteiger partial charge on any atom is 0.419 e. The maximum atomic E-state index is 11.6. The number of imidazole rings is 1. The molecule has 0 bridgehead atoms. The standard InChI is InChI=1S/C16H19N5O2/c1-16(2,11-17)20-14-6-5-13(19-10-14)4-3-9-23-15(22)21-8-7-18-12-21/h5-8,10,12,20H,3-4,9H2,1-2H3. The zero-order valence-electron chi connectivity index (χ0n) is 13.2. The molecule has 2 rings (SSSR count). The molecule has 0 unspecified atom stereocenters. The van der Waals surface area contributed by atoms with Gasteiger partial charge in [0.15, 0.2) is 0 Å². The molecule has 0 aliphatic heterocycles. The molecule has 2 aromatic rings. The van der Waals surface area contributed by atoms with Gasteiger partial charge in [0.25, 0.3) is 0 Å². The van der Waals surface area contributed by atoms with E-state index in [4.69, 9.17) is 10.00 Å². The lowest BCUT2D eigenvalue weighted by atomic mass is 10.1. The summed E-state index contributed by atoms with van der Waals surface area (Å²) in [6.45, 7) is 3.92. The molecule has 0 spiro atoms. The molecule has 0 radical (unpaired) electrons. The molecule has 23 heavy (non-hydrogen) atoms. The number of pyridine rings is 1. The predicted molar refractivity (Wildman–Crippen MR) is 84.8 cm³/mol. The molecule has 2 heterocycles. The normalized spacial score (nSPS) is 10.8. The van der Waals surface area contributed by atoms with E-state index >= 15 is 0 Å². The number of aromatic nitrogens is 3. The van der Waals surface area contributed by atoms with Gasteiger partial charge in [0.1, 0.15) is 11.9 Å². The van der Waals surface area contributed by atoms with Gasteiger partial charge in [-0.25, -0.2) is 14.3 Å². The zero-order chi connectivity index (χ0) is 16.7. The van der Waals surface area contributed by atoms with Crippen molar-refractivity contribution in [3.05, 3.63) is 42.7 Å². The minimum Gasteiger partial charge on any atom is -0.449 e. The second-order valence-electron chi connectivity index (χ2n) is 5.59. The van der Waals surface area contributed by atoms with Gasteiger partial charge in [-0.1, -0.05) is 0 Å². The first-order chi connectivity index (χ1) is 11.0. The fourth-order valence-corrected chi connectivity index (χ4v) is 1.89. The number of aryl methyl sites for hydroxylation is 1. The largest absolute Gasteiger partial charge is 0.449 e. The van der Waals surface area contributed by atoms with Crippen molar-refractivity contribution in [1.29, 1.82) is 5.26 Å². The van der Waals surface area contributed by atoms with Crippen LogP contribution in [0.5, 0.6) is 0 Å². The molecule has 0 saturated heterocycles. The third-order valence-electron chi connectivity index (χ3n) is 3.08. The van der Waals surface area contributed by atoms with Gasteiger partial charge < -0.3 is 10.1 Å². The summed E-state index contributed by atoms with van der Waals surface area (Å²) in [7, 11) is 0. The SMILES string of the molecule is CC(C)(C#N)Nc1ccc(CCCOC(=O)n2ccnc2)nc1. The number of hydrogen-bond acceptors (Lipinski definition) is 6. The van der Waals surface area contributed by atoms with E-state index in [0.717, 1.165) is 11.4 Å². The predicted octanol–water partition coefficient (Wildman–Crippen LogP) is 2.61. The van der Waals surface area contributed by atoms with Crippen molar-refractivity contribution in [2.75, 3.05) is 11.9 Å². The monoisotopic (exact) mass is 313 g/mol. The smallest absolute Gasteiger partial charge is 0.419 e. The Morgan fingerprint density at radius 2 is 2.30 bits per heavy atom. The van der Waals surface area contributed by atoms with Crippen molar-refractivity contribution in [3.8, 4) is 6.07 Å². The summed E-state index contributed by atoms with van der Waals surface area (Å²) in [6.07, 6.45) is 7.12. The van der Waals surface area contributed by atoms with Gasteiger partial charge in [0, 0.05) is 18.1 Å². The molecular weight excluding hydrogens is 294 g/mol. The van der Waals surface area contributed by atoms with Gasteiger partial charge in [-0.3, -0.25) is 4.98 Å². The van der Waals surface area contributed by atoms with Crippen LogP contribution in [0.4, 0.5) is 10.5 Å². The van der Waals surface area contributed by atoms with Crippen molar-refractivity contribution in [1.82, 2.24) is 14.5 Å². The fourth-order valence-electron chi connectivity index (χ4n) is 1.89. The van der Waals surface area contributed by atoms with Crippen LogP contribution >= 0.6 is 0 Å². The van der Waals surface area contributed by atoms with Crippen LogP contribution in [0.15, 0.2) is 37.1 Å². The molecule has 0 saturated carbocycles. The Hall–Kier alpha value is -2.88. The molecule has 7 heteroatoms. The molecule has 0 atom stereocenters. The van der Waals surface area contributed by atoms with E-state index < -0.39 is 11.6 Å². The highest BCUT2D eigenvalue weighted by molar-refractivity contribution is 5.69. The lowest BCUT2D eigenvalue weighted by Gasteiger charge is -2.18. The van der Waals surface area contributed by atoms with Crippen LogP contribution < -0.4 is 5.32 Å². The number of anilines is 1. The molecular formula is C16H19N5O2. The molecule has 0 aliphatic carbocycles. The second-order valence-corrected chi connectivity index (χ2v) is 5.59. The van der Waals surface area contributed by atoms with Gasteiger partial charge in [-0.15, -0.1) is 0 Å². The quantitative estimate of drug-likeness (QED) is 0.824. The van der Waals surface area contributed by atoms with Crippen LogP contribution in [-0.2, 0) is 11.2 Å². The van der Waals surface area contributed by atoms with Crippen LogP contribution in [0.3, 0.4) is 0 Å². The van der Waals surface area contributed by atoms with Crippen molar-refractivity contribution in [2.45, 2.75) is 32.2 Å². The summed E-state index contributed by atoms with van der Waals surface area (Å²) >= 11 is 0. The Labute approximate surface area is 134 Å². The van der Waals surface area contributed by atoms with Crippen LogP contribution in [0.1, 0.15) is 26.0 Å². The van der Waals surface area contributed by atoms with Crippen LogP contribution in [0.2, 0.25) is 0 Å². The van der Waals surface area contributed by atoms with Crippen molar-refractivity contribution >= 4 is 11.8 Å². The zero-order valence-corrected chi connectivity index (χ0v) is 13.2. The lowest BCUT2D eigenvalue weighted by Crippen LogP contribution is -2.28. The highest BCUT2D eigenvalue weighted by atomic mass is 16.5. The highest BCUT2D eigenvalue weighted by Crippen LogP contribution is 2.14. The van der Waals surface area contributed by atoms with E-state index in [0.29, 0.717) is 19.4 Å². The number of hydrogen-bond donors (Lipinski definition) is 1. The molecule has 0 amide bonds. The van der Waals surface area contributed by atoms with Gasteiger partial charge in [0.2, 0.25) is 0 Å². The van der Waals surface area contributed by atoms with Crippen molar-refractivity contribution in [3.63, 3.8) is 0 Å². The van der Waals surface area contributed by atoms with Crippen molar-refractivity contribution < 1.29 is 9.53 Å². The number of nitrogens with zero attached hydrogens (tertiary/aromatic N) is 4. The topological polar surface area (TPSA) is 92.8 Å². The van der Waals surface area contributed by atoms with Gasteiger partial charge in [-0.05, 0) is 38.8 Å². The third-order valence-corrected chi connectivity index (χ3v) is 3.08. The number of ether oxygens (including phenoxy) is 1. The summed E-state index contributed by atoms with van der Waals surface area (Å²) in [5.74, 6) is 0. The van der Waals surface area contributed by atoms with Crippen LogP contribution in [-0.4, -0.2) is 32.8 Å². The highest BCUT2D eigenvalue weighted by Gasteiger charge is 2.15. The molecule has 7 nitrogen and oxygen atoms in total. The third kappa shape index (κ3) is 5.11. The average Bonchev–Trinajstić information content (AvgIpc) is 3.07. The minimum atomic E-state index is -0.634. The Morgan fingerprint density at radius 3 is 2.91 bits per heavy atom. The average molecular weight is 313 g/mol. The van der Waals surface area contributed by atoms with Crippen molar-refractivity contribution in [2.24, 2.45) is 0 Å². The molecule has 0 aliphatic rings. The summed E-state index contributed by atoms with van der Waals surface area (Å²) < 4.78 is 6.41. The summed E-state index contributed by atoms with van der Waals surface area (Å²) in [5, 5.41) is 12.1. The Kier molecular flexibility index (Phi) is 5.31.